The first kappa shape index (κ1) is 14.0. The SMILES string of the molecule is CN1C2CCC1c1c(n(CCC3CCCC3)c3ccncc13)C2. The Morgan fingerprint density at radius 2 is 2.04 bits per heavy atom. The van der Waals surface area contributed by atoms with Gasteiger partial charge in [-0.15, -0.1) is 0 Å². The molecule has 23 heavy (non-hydrogen) atoms. The van der Waals surface area contributed by atoms with Crippen LogP contribution >= 0.6 is 0 Å². The van der Waals surface area contributed by atoms with Crippen LogP contribution in [0.5, 0.6) is 0 Å². The Kier molecular flexibility index (Phi) is 3.26. The van der Waals surface area contributed by atoms with E-state index in [1.165, 1.54) is 68.8 Å². The third-order valence-corrected chi connectivity index (χ3v) is 6.85. The van der Waals surface area contributed by atoms with Crippen LogP contribution in [0, 0.1) is 5.92 Å². The standard InChI is InChI=1S/C20H27N3/c1-22-15-6-7-18(22)20-16-13-21-10-8-17(16)23(19(20)12-15)11-9-14-4-2-3-5-14/h8,10,13-15,18H,2-7,9,11-12H2,1H3. The van der Waals surface area contributed by atoms with E-state index in [1.54, 1.807) is 11.3 Å². The number of hydrogen-bond donors (Lipinski definition) is 0. The van der Waals surface area contributed by atoms with E-state index in [9.17, 15) is 0 Å². The van der Waals surface area contributed by atoms with Crippen LogP contribution < -0.4 is 0 Å². The van der Waals surface area contributed by atoms with E-state index >= 15 is 0 Å². The van der Waals surface area contributed by atoms with E-state index in [-0.39, 0.29) is 0 Å². The van der Waals surface area contributed by atoms with Gasteiger partial charge in [-0.1, -0.05) is 25.7 Å². The molecule has 5 rings (SSSR count). The molecule has 2 unspecified atom stereocenters. The summed E-state index contributed by atoms with van der Waals surface area (Å²) < 4.78 is 2.67. The fourth-order valence-corrected chi connectivity index (χ4v) is 5.56. The monoisotopic (exact) mass is 309 g/mol. The number of nitrogens with zero attached hydrogens (tertiary/aromatic N) is 3. The van der Waals surface area contributed by atoms with Gasteiger partial charge >= 0.3 is 0 Å². The molecule has 3 aliphatic rings. The molecule has 122 valence electrons. The minimum absolute atomic E-state index is 0.628. The van der Waals surface area contributed by atoms with Gasteiger partial charge in [0.15, 0.2) is 0 Å². The summed E-state index contributed by atoms with van der Waals surface area (Å²) in [5, 5.41) is 1.42. The molecule has 3 nitrogen and oxygen atoms in total. The van der Waals surface area contributed by atoms with Crippen LogP contribution in [0.1, 0.15) is 62.2 Å². The second kappa shape index (κ2) is 5.34. The van der Waals surface area contributed by atoms with Crippen LogP contribution in [0.25, 0.3) is 10.9 Å². The van der Waals surface area contributed by atoms with Gasteiger partial charge in [0.05, 0.1) is 5.52 Å². The van der Waals surface area contributed by atoms with E-state index in [0.717, 1.165) is 12.0 Å². The van der Waals surface area contributed by atoms with Crippen molar-refractivity contribution in [2.45, 2.75) is 70.0 Å². The highest BCUT2D eigenvalue weighted by Crippen LogP contribution is 2.46. The van der Waals surface area contributed by atoms with Crippen LogP contribution in [0.4, 0.5) is 0 Å². The lowest BCUT2D eigenvalue weighted by atomic mass is 9.98. The van der Waals surface area contributed by atoms with E-state index in [0.29, 0.717) is 6.04 Å². The maximum Gasteiger partial charge on any atom is 0.0517 e. The van der Waals surface area contributed by atoms with Crippen LogP contribution in [0.2, 0.25) is 0 Å². The van der Waals surface area contributed by atoms with Crippen molar-refractivity contribution in [1.29, 1.82) is 0 Å². The van der Waals surface area contributed by atoms with Crippen molar-refractivity contribution < 1.29 is 0 Å². The number of hydrogen-bond acceptors (Lipinski definition) is 2. The normalized spacial score (nSPS) is 27.9. The third-order valence-electron chi connectivity index (χ3n) is 6.85. The van der Waals surface area contributed by atoms with Crippen LogP contribution in [0.15, 0.2) is 18.5 Å². The molecular weight excluding hydrogens is 282 g/mol. The van der Waals surface area contributed by atoms with Gasteiger partial charge in [-0.3, -0.25) is 9.88 Å². The quantitative estimate of drug-likeness (QED) is 0.842. The molecule has 0 aromatic carbocycles. The molecule has 2 aliphatic heterocycles. The molecule has 0 N–H and O–H groups in total. The number of likely N-dealkylation sites (N-methyl/N-ethyl adjacent to an activating group) is 1. The number of aromatic nitrogens is 2. The second-order valence-corrected chi connectivity index (χ2v) is 7.96. The maximum absolute atomic E-state index is 4.45. The summed E-state index contributed by atoms with van der Waals surface area (Å²) in [7, 11) is 2.32. The van der Waals surface area contributed by atoms with Gasteiger partial charge in [0, 0.05) is 48.5 Å². The average molecular weight is 309 g/mol. The fourth-order valence-electron chi connectivity index (χ4n) is 5.56. The van der Waals surface area contributed by atoms with Crippen molar-refractivity contribution in [2.75, 3.05) is 7.05 Å². The first-order valence-electron chi connectivity index (χ1n) is 9.50. The predicted octanol–water partition coefficient (Wildman–Crippen LogP) is 4.31. The summed E-state index contributed by atoms with van der Waals surface area (Å²) in [6.45, 7) is 1.21. The smallest absolute Gasteiger partial charge is 0.0517 e. The lowest BCUT2D eigenvalue weighted by molar-refractivity contribution is 0.221. The number of fused-ring (bicyclic) bond motifs is 6. The zero-order valence-corrected chi connectivity index (χ0v) is 14.2. The second-order valence-electron chi connectivity index (χ2n) is 7.96. The van der Waals surface area contributed by atoms with E-state index in [2.05, 4.69) is 33.8 Å². The Bertz CT molecular complexity index is 726. The topological polar surface area (TPSA) is 21.1 Å². The zero-order chi connectivity index (χ0) is 15.4. The number of pyridine rings is 1. The first-order valence-corrected chi connectivity index (χ1v) is 9.50. The Balaban J connectivity index is 1.58. The van der Waals surface area contributed by atoms with Crippen molar-refractivity contribution in [3.8, 4) is 0 Å². The molecule has 1 aliphatic carbocycles. The van der Waals surface area contributed by atoms with Gasteiger partial charge in [0.25, 0.3) is 0 Å². The summed E-state index contributed by atoms with van der Waals surface area (Å²) in [4.78, 5) is 7.07. The molecule has 2 aromatic heterocycles. The molecule has 2 aromatic rings. The van der Waals surface area contributed by atoms with Gasteiger partial charge in [-0.05, 0) is 43.9 Å². The van der Waals surface area contributed by atoms with E-state index in [1.807, 2.05) is 6.20 Å². The molecular formula is C20H27N3. The van der Waals surface area contributed by atoms with Crippen molar-refractivity contribution in [1.82, 2.24) is 14.5 Å². The number of aryl methyl sites for hydroxylation is 1. The molecule has 3 heteroatoms. The van der Waals surface area contributed by atoms with E-state index < -0.39 is 0 Å². The molecule has 2 fully saturated rings. The fraction of sp³-hybridized carbons (Fsp3) is 0.650. The minimum atomic E-state index is 0.628. The van der Waals surface area contributed by atoms with Gasteiger partial charge in [-0.2, -0.15) is 0 Å². The van der Waals surface area contributed by atoms with Gasteiger partial charge in [-0.25, -0.2) is 0 Å². The number of rotatable bonds is 3. The summed E-state index contributed by atoms with van der Waals surface area (Å²) in [5.41, 5.74) is 4.68. The molecule has 0 radical (unpaired) electrons. The molecule has 0 amide bonds. The molecule has 0 spiro atoms. The van der Waals surface area contributed by atoms with Gasteiger partial charge < -0.3 is 4.57 Å². The lowest BCUT2D eigenvalue weighted by Crippen LogP contribution is -2.34. The van der Waals surface area contributed by atoms with Crippen molar-refractivity contribution in [2.24, 2.45) is 5.92 Å². The van der Waals surface area contributed by atoms with Crippen LogP contribution in [-0.4, -0.2) is 27.5 Å². The van der Waals surface area contributed by atoms with Crippen molar-refractivity contribution in [3.63, 3.8) is 0 Å². The summed E-state index contributed by atoms with van der Waals surface area (Å²) >= 11 is 0. The molecule has 1 saturated heterocycles. The van der Waals surface area contributed by atoms with Crippen molar-refractivity contribution >= 4 is 10.9 Å². The molecule has 2 atom stereocenters. The van der Waals surface area contributed by atoms with E-state index in [4.69, 9.17) is 0 Å². The molecule has 4 heterocycles. The van der Waals surface area contributed by atoms with Gasteiger partial charge in [0.2, 0.25) is 0 Å². The third kappa shape index (κ3) is 2.09. The maximum atomic E-state index is 4.45. The Labute approximate surface area is 138 Å². The zero-order valence-electron chi connectivity index (χ0n) is 14.2. The highest BCUT2D eigenvalue weighted by molar-refractivity contribution is 5.85. The van der Waals surface area contributed by atoms with Crippen molar-refractivity contribution in [3.05, 3.63) is 29.7 Å². The lowest BCUT2D eigenvalue weighted by Gasteiger charge is -2.32. The summed E-state index contributed by atoms with van der Waals surface area (Å²) in [6, 6.07) is 3.63. The van der Waals surface area contributed by atoms with Gasteiger partial charge in [0.1, 0.15) is 0 Å². The Hall–Kier alpha value is -1.35. The highest BCUT2D eigenvalue weighted by Gasteiger charge is 2.40. The summed E-state index contributed by atoms with van der Waals surface area (Å²) in [6.07, 6.45) is 15.2. The molecule has 1 saturated carbocycles. The van der Waals surface area contributed by atoms with Crippen LogP contribution in [0.3, 0.4) is 0 Å². The molecule has 2 bridgehead atoms. The first-order chi connectivity index (χ1) is 11.3. The largest absolute Gasteiger partial charge is 0.344 e. The summed E-state index contributed by atoms with van der Waals surface area (Å²) in [5.74, 6) is 0.966. The Morgan fingerprint density at radius 1 is 1.17 bits per heavy atom. The highest BCUT2D eigenvalue weighted by atomic mass is 15.2. The minimum Gasteiger partial charge on any atom is -0.344 e. The predicted molar refractivity (Wildman–Crippen MR) is 93.5 cm³/mol. The average Bonchev–Trinajstić information content (AvgIpc) is 3.23. The Morgan fingerprint density at radius 3 is 2.91 bits per heavy atom. The van der Waals surface area contributed by atoms with Crippen LogP contribution in [-0.2, 0) is 13.0 Å².